The summed E-state index contributed by atoms with van der Waals surface area (Å²) in [5, 5.41) is 12.0. The summed E-state index contributed by atoms with van der Waals surface area (Å²) in [5.41, 5.74) is 1.34. The number of carbonyl (C=O) groups is 1. The van der Waals surface area contributed by atoms with Gasteiger partial charge in [0.15, 0.2) is 5.82 Å². The Hall–Kier alpha value is -2.22. The fraction of sp³-hybridized carbons (Fsp3) is 0.118. The summed E-state index contributed by atoms with van der Waals surface area (Å²) in [4.78, 5) is 12.4. The van der Waals surface area contributed by atoms with E-state index in [4.69, 9.17) is 29.0 Å². The number of halogens is 2. The lowest BCUT2D eigenvalue weighted by Gasteiger charge is -2.12. The molecule has 26 heavy (non-hydrogen) atoms. The number of rotatable bonds is 5. The lowest BCUT2D eigenvalue weighted by Crippen LogP contribution is -2.23. The number of nitrogen functional groups attached to an aromatic ring is 1. The molecule has 3 aromatic rings. The van der Waals surface area contributed by atoms with E-state index >= 15 is 0 Å². The van der Waals surface area contributed by atoms with Crippen molar-refractivity contribution in [2.75, 3.05) is 11.2 Å². The number of para-hydroxylation sites is 1. The minimum Gasteiger partial charge on any atom is -0.335 e. The molecule has 3 rings (SSSR count). The molecule has 1 aromatic heterocycles. The standard InChI is InChI=1S/C17H15Cl2N5OS/c1-10(16(25)21-14-5-3-2-4-13(14)19)26-17-23-22-15(24(17)20)11-6-8-12(18)9-7-11/h2-10H,20H2,1H3,(H,21,25). The SMILES string of the molecule is CC(Sc1nnc(-c2ccc(Cl)cc2)n1N)C(=O)Nc1ccccc1Cl. The third kappa shape index (κ3) is 4.12. The van der Waals surface area contributed by atoms with Crippen molar-refractivity contribution in [1.82, 2.24) is 14.9 Å². The van der Waals surface area contributed by atoms with E-state index in [9.17, 15) is 4.79 Å². The Kier molecular flexibility index (Phi) is 5.70. The van der Waals surface area contributed by atoms with E-state index in [2.05, 4.69) is 15.5 Å². The van der Waals surface area contributed by atoms with Crippen molar-refractivity contribution < 1.29 is 4.79 Å². The second kappa shape index (κ2) is 7.99. The Morgan fingerprint density at radius 2 is 1.85 bits per heavy atom. The van der Waals surface area contributed by atoms with Crippen LogP contribution in [-0.2, 0) is 4.79 Å². The van der Waals surface area contributed by atoms with Gasteiger partial charge in [-0.1, -0.05) is 47.1 Å². The molecule has 134 valence electrons. The first-order valence-corrected chi connectivity index (χ1v) is 9.27. The van der Waals surface area contributed by atoms with Crippen molar-refractivity contribution in [2.24, 2.45) is 0 Å². The molecule has 0 aliphatic carbocycles. The van der Waals surface area contributed by atoms with E-state index in [1.54, 1.807) is 55.5 Å². The lowest BCUT2D eigenvalue weighted by atomic mass is 10.2. The van der Waals surface area contributed by atoms with Gasteiger partial charge < -0.3 is 11.2 Å². The summed E-state index contributed by atoms with van der Waals surface area (Å²) in [6.07, 6.45) is 0. The summed E-state index contributed by atoms with van der Waals surface area (Å²) in [6, 6.07) is 14.1. The van der Waals surface area contributed by atoms with Crippen LogP contribution in [0.1, 0.15) is 6.92 Å². The Morgan fingerprint density at radius 1 is 1.15 bits per heavy atom. The maximum Gasteiger partial charge on any atom is 0.237 e. The number of anilines is 1. The predicted octanol–water partition coefficient (Wildman–Crippen LogP) is 4.09. The van der Waals surface area contributed by atoms with Crippen LogP contribution in [0.25, 0.3) is 11.4 Å². The second-order valence-electron chi connectivity index (χ2n) is 5.41. The molecule has 0 fully saturated rings. The topological polar surface area (TPSA) is 85.8 Å². The van der Waals surface area contributed by atoms with Gasteiger partial charge in [0.05, 0.1) is 16.0 Å². The Labute approximate surface area is 164 Å². The molecule has 1 atom stereocenters. The maximum atomic E-state index is 12.4. The van der Waals surface area contributed by atoms with E-state index in [1.165, 1.54) is 16.4 Å². The highest BCUT2D eigenvalue weighted by atomic mass is 35.5. The fourth-order valence-corrected chi connectivity index (χ4v) is 3.24. The smallest absolute Gasteiger partial charge is 0.237 e. The average Bonchev–Trinajstić information content (AvgIpc) is 2.98. The molecule has 1 unspecified atom stereocenters. The van der Waals surface area contributed by atoms with E-state index < -0.39 is 5.25 Å². The number of hydrogen-bond donors (Lipinski definition) is 2. The molecule has 0 radical (unpaired) electrons. The molecule has 1 heterocycles. The van der Waals surface area contributed by atoms with Gasteiger partial charge in [-0.3, -0.25) is 4.79 Å². The number of amides is 1. The molecular formula is C17H15Cl2N5OS. The molecule has 6 nitrogen and oxygen atoms in total. The quantitative estimate of drug-likeness (QED) is 0.491. The zero-order valence-corrected chi connectivity index (χ0v) is 16.0. The van der Waals surface area contributed by atoms with Crippen molar-refractivity contribution in [3.05, 3.63) is 58.6 Å². The maximum absolute atomic E-state index is 12.4. The first-order chi connectivity index (χ1) is 12.5. The highest BCUT2D eigenvalue weighted by molar-refractivity contribution is 8.00. The molecular weight excluding hydrogens is 393 g/mol. The van der Waals surface area contributed by atoms with E-state index in [-0.39, 0.29) is 5.91 Å². The fourth-order valence-electron chi connectivity index (χ4n) is 2.16. The average molecular weight is 408 g/mol. The van der Waals surface area contributed by atoms with Crippen LogP contribution in [0.15, 0.2) is 53.7 Å². The van der Waals surface area contributed by atoms with Crippen LogP contribution in [0, 0.1) is 0 Å². The molecule has 3 N–H and O–H groups in total. The van der Waals surface area contributed by atoms with Gasteiger partial charge in [-0.15, -0.1) is 10.2 Å². The van der Waals surface area contributed by atoms with Gasteiger partial charge in [0.2, 0.25) is 11.1 Å². The largest absolute Gasteiger partial charge is 0.335 e. The number of nitrogens with two attached hydrogens (primary N) is 1. The van der Waals surface area contributed by atoms with Gasteiger partial charge in [0.1, 0.15) is 0 Å². The normalized spacial score (nSPS) is 12.0. The number of benzene rings is 2. The van der Waals surface area contributed by atoms with E-state index in [0.29, 0.717) is 26.7 Å². The van der Waals surface area contributed by atoms with Gasteiger partial charge in [-0.05, 0) is 43.3 Å². The zero-order valence-electron chi connectivity index (χ0n) is 13.7. The Balaban J connectivity index is 1.71. The Bertz CT molecular complexity index is 929. The van der Waals surface area contributed by atoms with Crippen LogP contribution in [-0.4, -0.2) is 26.0 Å². The van der Waals surface area contributed by atoms with Gasteiger partial charge in [0, 0.05) is 10.6 Å². The predicted molar refractivity (Wildman–Crippen MR) is 106 cm³/mol. The van der Waals surface area contributed by atoms with Crippen molar-refractivity contribution in [3.63, 3.8) is 0 Å². The highest BCUT2D eigenvalue weighted by Gasteiger charge is 2.20. The lowest BCUT2D eigenvalue weighted by molar-refractivity contribution is -0.115. The summed E-state index contributed by atoms with van der Waals surface area (Å²) >= 11 is 13.2. The van der Waals surface area contributed by atoms with Gasteiger partial charge in [-0.2, -0.15) is 0 Å². The summed E-state index contributed by atoms with van der Waals surface area (Å²) in [5.74, 6) is 6.36. The van der Waals surface area contributed by atoms with Crippen LogP contribution in [0.3, 0.4) is 0 Å². The minimum atomic E-state index is -0.448. The number of nitrogens with one attached hydrogen (secondary N) is 1. The van der Waals surface area contributed by atoms with Crippen LogP contribution in [0.4, 0.5) is 5.69 Å². The number of thioether (sulfide) groups is 1. The Morgan fingerprint density at radius 3 is 2.54 bits per heavy atom. The molecule has 0 aliphatic heterocycles. The first-order valence-electron chi connectivity index (χ1n) is 7.64. The molecule has 0 spiro atoms. The van der Waals surface area contributed by atoms with Crippen molar-refractivity contribution in [1.29, 1.82) is 0 Å². The minimum absolute atomic E-state index is 0.209. The summed E-state index contributed by atoms with van der Waals surface area (Å²) < 4.78 is 1.35. The summed E-state index contributed by atoms with van der Waals surface area (Å²) in [6.45, 7) is 1.76. The van der Waals surface area contributed by atoms with Gasteiger partial charge in [0.25, 0.3) is 0 Å². The molecule has 1 amide bonds. The number of nitrogens with zero attached hydrogens (tertiary/aromatic N) is 3. The van der Waals surface area contributed by atoms with E-state index in [0.717, 1.165) is 5.56 Å². The highest BCUT2D eigenvalue weighted by Crippen LogP contribution is 2.27. The molecule has 0 saturated heterocycles. The van der Waals surface area contributed by atoms with Crippen LogP contribution in [0.2, 0.25) is 10.0 Å². The van der Waals surface area contributed by atoms with Crippen molar-refractivity contribution >= 4 is 46.6 Å². The van der Waals surface area contributed by atoms with Crippen molar-refractivity contribution in [2.45, 2.75) is 17.3 Å². The van der Waals surface area contributed by atoms with Gasteiger partial charge >= 0.3 is 0 Å². The zero-order chi connectivity index (χ0) is 18.7. The van der Waals surface area contributed by atoms with Gasteiger partial charge in [-0.25, -0.2) is 4.68 Å². The van der Waals surface area contributed by atoms with E-state index in [1.807, 2.05) is 0 Å². The third-order valence-electron chi connectivity index (χ3n) is 3.55. The second-order valence-corrected chi connectivity index (χ2v) is 7.56. The van der Waals surface area contributed by atoms with Crippen molar-refractivity contribution in [3.8, 4) is 11.4 Å². The van der Waals surface area contributed by atoms with Crippen LogP contribution in [0.5, 0.6) is 0 Å². The van der Waals surface area contributed by atoms with Crippen LogP contribution >= 0.6 is 35.0 Å². The monoisotopic (exact) mass is 407 g/mol. The molecule has 9 heteroatoms. The molecule has 0 aliphatic rings. The molecule has 0 bridgehead atoms. The number of aromatic nitrogens is 3. The van der Waals surface area contributed by atoms with Crippen LogP contribution < -0.4 is 11.2 Å². The summed E-state index contributed by atoms with van der Waals surface area (Å²) in [7, 11) is 0. The molecule has 0 saturated carbocycles. The third-order valence-corrected chi connectivity index (χ3v) is 5.19. The first kappa shape index (κ1) is 18.6. The molecule has 2 aromatic carbocycles. The number of hydrogen-bond acceptors (Lipinski definition) is 5. The number of carbonyl (C=O) groups excluding carboxylic acids is 1.